The molecule has 21 heavy (non-hydrogen) atoms. The van der Waals surface area contributed by atoms with Gasteiger partial charge in [-0.05, 0) is 31.0 Å². The molecule has 114 valence electrons. The van der Waals surface area contributed by atoms with E-state index >= 15 is 0 Å². The van der Waals surface area contributed by atoms with Gasteiger partial charge in [0.1, 0.15) is 5.82 Å². The third-order valence-electron chi connectivity index (χ3n) is 3.41. The second kappa shape index (κ2) is 6.77. The SMILES string of the molecule is CCc1nn(CC)c(CC(O)c2ccc(Cl)c(F)c2)c1Cl. The summed E-state index contributed by atoms with van der Waals surface area (Å²) in [6.45, 7) is 4.60. The Hall–Kier alpha value is -1.10. The summed E-state index contributed by atoms with van der Waals surface area (Å²) in [5.74, 6) is -0.544. The molecule has 1 N–H and O–H groups in total. The van der Waals surface area contributed by atoms with Crippen LogP contribution >= 0.6 is 23.2 Å². The number of rotatable bonds is 5. The van der Waals surface area contributed by atoms with Crippen LogP contribution in [0.25, 0.3) is 0 Å². The number of aliphatic hydroxyl groups excluding tert-OH is 1. The van der Waals surface area contributed by atoms with Gasteiger partial charge in [-0.15, -0.1) is 0 Å². The molecule has 0 spiro atoms. The van der Waals surface area contributed by atoms with Crippen LogP contribution in [0.4, 0.5) is 4.39 Å². The molecule has 0 aliphatic heterocycles. The minimum atomic E-state index is -0.860. The standard InChI is InChI=1S/C15H17Cl2FN2O/c1-3-12-15(17)13(20(4-2)19-12)8-14(21)9-5-6-10(16)11(18)7-9/h5-7,14,21H,3-4,8H2,1-2H3. The van der Waals surface area contributed by atoms with Crippen molar-refractivity contribution >= 4 is 23.2 Å². The predicted molar refractivity (Wildman–Crippen MR) is 82.4 cm³/mol. The molecule has 6 heteroatoms. The van der Waals surface area contributed by atoms with Crippen LogP contribution < -0.4 is 0 Å². The van der Waals surface area contributed by atoms with E-state index in [0.29, 0.717) is 17.1 Å². The number of aryl methyl sites for hydroxylation is 2. The maximum Gasteiger partial charge on any atom is 0.142 e. The maximum atomic E-state index is 13.5. The van der Waals surface area contributed by atoms with Gasteiger partial charge in [0.2, 0.25) is 0 Å². The zero-order valence-corrected chi connectivity index (χ0v) is 13.4. The van der Waals surface area contributed by atoms with Crippen LogP contribution in [0, 0.1) is 5.82 Å². The number of aliphatic hydroxyl groups is 1. The average Bonchev–Trinajstić information content (AvgIpc) is 2.78. The van der Waals surface area contributed by atoms with Crippen molar-refractivity contribution in [2.45, 2.75) is 39.3 Å². The summed E-state index contributed by atoms with van der Waals surface area (Å²) < 4.78 is 15.2. The van der Waals surface area contributed by atoms with Crippen LogP contribution in [0.5, 0.6) is 0 Å². The van der Waals surface area contributed by atoms with Crippen molar-refractivity contribution in [2.24, 2.45) is 0 Å². The van der Waals surface area contributed by atoms with Gasteiger partial charge in [-0.3, -0.25) is 4.68 Å². The van der Waals surface area contributed by atoms with E-state index in [4.69, 9.17) is 23.2 Å². The van der Waals surface area contributed by atoms with Crippen LogP contribution in [0.15, 0.2) is 18.2 Å². The Bertz CT molecular complexity index is 643. The summed E-state index contributed by atoms with van der Waals surface area (Å²) >= 11 is 12.0. The van der Waals surface area contributed by atoms with Crippen molar-refractivity contribution in [2.75, 3.05) is 0 Å². The first-order valence-electron chi connectivity index (χ1n) is 6.84. The molecule has 0 aliphatic rings. The molecule has 0 aliphatic carbocycles. The van der Waals surface area contributed by atoms with E-state index in [2.05, 4.69) is 5.10 Å². The number of hydrogen-bond acceptors (Lipinski definition) is 2. The molecule has 0 saturated heterocycles. The van der Waals surface area contributed by atoms with E-state index in [1.807, 2.05) is 13.8 Å². The molecular weight excluding hydrogens is 314 g/mol. The second-order valence-corrected chi connectivity index (χ2v) is 5.56. The van der Waals surface area contributed by atoms with E-state index in [1.54, 1.807) is 10.7 Å². The van der Waals surface area contributed by atoms with E-state index in [1.165, 1.54) is 12.1 Å². The first kappa shape index (κ1) is 16.3. The van der Waals surface area contributed by atoms with Gasteiger partial charge < -0.3 is 5.11 Å². The first-order valence-corrected chi connectivity index (χ1v) is 7.60. The third kappa shape index (κ3) is 3.39. The highest BCUT2D eigenvalue weighted by Gasteiger charge is 2.19. The number of aromatic nitrogens is 2. The monoisotopic (exact) mass is 330 g/mol. The fraction of sp³-hybridized carbons (Fsp3) is 0.400. The van der Waals surface area contributed by atoms with Gasteiger partial charge in [0.15, 0.2) is 0 Å². The largest absolute Gasteiger partial charge is 0.388 e. The Morgan fingerprint density at radius 2 is 2.05 bits per heavy atom. The first-order chi connectivity index (χ1) is 9.97. The normalized spacial score (nSPS) is 12.7. The van der Waals surface area contributed by atoms with Gasteiger partial charge >= 0.3 is 0 Å². The fourth-order valence-electron chi connectivity index (χ4n) is 2.23. The average molecular weight is 331 g/mol. The smallest absolute Gasteiger partial charge is 0.142 e. The van der Waals surface area contributed by atoms with Crippen molar-refractivity contribution in [1.29, 1.82) is 0 Å². The number of hydrogen-bond donors (Lipinski definition) is 1. The molecule has 2 rings (SSSR count). The summed E-state index contributed by atoms with van der Waals surface area (Å²) in [5, 5.41) is 15.3. The Morgan fingerprint density at radius 1 is 1.33 bits per heavy atom. The van der Waals surface area contributed by atoms with E-state index in [9.17, 15) is 9.50 Å². The summed E-state index contributed by atoms with van der Waals surface area (Å²) in [4.78, 5) is 0. The molecule has 1 heterocycles. The van der Waals surface area contributed by atoms with Crippen molar-refractivity contribution in [3.63, 3.8) is 0 Å². The maximum absolute atomic E-state index is 13.5. The van der Waals surface area contributed by atoms with Gasteiger partial charge in [0.05, 0.1) is 27.5 Å². The Balaban J connectivity index is 2.28. The van der Waals surface area contributed by atoms with Crippen LogP contribution in [0.2, 0.25) is 10.0 Å². The van der Waals surface area contributed by atoms with E-state index in [-0.39, 0.29) is 11.4 Å². The Morgan fingerprint density at radius 3 is 2.62 bits per heavy atom. The van der Waals surface area contributed by atoms with Crippen LogP contribution in [-0.4, -0.2) is 14.9 Å². The summed E-state index contributed by atoms with van der Waals surface area (Å²) in [7, 11) is 0. The second-order valence-electron chi connectivity index (χ2n) is 4.77. The molecule has 0 bridgehead atoms. The topological polar surface area (TPSA) is 38.0 Å². The zero-order chi connectivity index (χ0) is 15.6. The molecule has 0 saturated carbocycles. The summed E-state index contributed by atoms with van der Waals surface area (Å²) in [6, 6.07) is 4.29. The van der Waals surface area contributed by atoms with Gasteiger partial charge in [-0.1, -0.05) is 36.2 Å². The fourth-order valence-corrected chi connectivity index (χ4v) is 2.70. The number of halogens is 3. The molecule has 0 amide bonds. The zero-order valence-electron chi connectivity index (χ0n) is 11.9. The molecule has 1 atom stereocenters. The number of benzene rings is 1. The third-order valence-corrected chi connectivity index (χ3v) is 4.15. The molecular formula is C15H17Cl2FN2O. The molecule has 1 aromatic heterocycles. The minimum Gasteiger partial charge on any atom is -0.388 e. The molecule has 2 aromatic rings. The summed E-state index contributed by atoms with van der Waals surface area (Å²) in [5.41, 5.74) is 2.04. The Kier molecular flexibility index (Phi) is 5.25. The molecule has 0 radical (unpaired) electrons. The highest BCUT2D eigenvalue weighted by Crippen LogP contribution is 2.28. The van der Waals surface area contributed by atoms with Crippen LogP contribution in [-0.2, 0) is 19.4 Å². The van der Waals surface area contributed by atoms with Crippen molar-refractivity contribution in [1.82, 2.24) is 9.78 Å². The Labute approximate surface area is 133 Å². The van der Waals surface area contributed by atoms with Gasteiger partial charge in [-0.25, -0.2) is 4.39 Å². The highest BCUT2D eigenvalue weighted by atomic mass is 35.5. The molecule has 0 fully saturated rings. The van der Waals surface area contributed by atoms with E-state index in [0.717, 1.165) is 17.8 Å². The lowest BCUT2D eigenvalue weighted by Gasteiger charge is -2.13. The van der Waals surface area contributed by atoms with Crippen LogP contribution in [0.1, 0.15) is 36.9 Å². The lowest BCUT2D eigenvalue weighted by Crippen LogP contribution is -2.09. The molecule has 3 nitrogen and oxygen atoms in total. The quantitative estimate of drug-likeness (QED) is 0.892. The van der Waals surface area contributed by atoms with E-state index < -0.39 is 11.9 Å². The number of nitrogens with zero attached hydrogens (tertiary/aromatic N) is 2. The van der Waals surface area contributed by atoms with Crippen molar-refractivity contribution in [3.05, 3.63) is 51.0 Å². The predicted octanol–water partition coefficient (Wildman–Crippen LogP) is 4.19. The van der Waals surface area contributed by atoms with Crippen molar-refractivity contribution < 1.29 is 9.50 Å². The van der Waals surface area contributed by atoms with Crippen LogP contribution in [0.3, 0.4) is 0 Å². The highest BCUT2D eigenvalue weighted by molar-refractivity contribution is 6.32. The minimum absolute atomic E-state index is 0.0378. The molecule has 1 unspecified atom stereocenters. The van der Waals surface area contributed by atoms with Gasteiger partial charge in [-0.2, -0.15) is 5.10 Å². The lowest BCUT2D eigenvalue weighted by atomic mass is 10.0. The summed E-state index contributed by atoms with van der Waals surface area (Å²) in [6.07, 6.45) is 0.145. The lowest BCUT2D eigenvalue weighted by molar-refractivity contribution is 0.175. The van der Waals surface area contributed by atoms with Gasteiger partial charge in [0.25, 0.3) is 0 Å². The van der Waals surface area contributed by atoms with Gasteiger partial charge in [0, 0.05) is 13.0 Å². The molecule has 1 aromatic carbocycles. The van der Waals surface area contributed by atoms with Crippen molar-refractivity contribution in [3.8, 4) is 0 Å².